The summed E-state index contributed by atoms with van der Waals surface area (Å²) in [6.07, 6.45) is 2.59. The molecule has 0 aliphatic carbocycles. The van der Waals surface area contributed by atoms with Crippen LogP contribution in [0.25, 0.3) is 0 Å². The summed E-state index contributed by atoms with van der Waals surface area (Å²) < 4.78 is 0. The quantitative estimate of drug-likeness (QED) is 0.670. The van der Waals surface area contributed by atoms with Gasteiger partial charge in [-0.15, -0.1) is 0 Å². The molecule has 1 aromatic carbocycles. The van der Waals surface area contributed by atoms with E-state index in [-0.39, 0.29) is 23.8 Å². The van der Waals surface area contributed by atoms with Crippen LogP contribution in [0.15, 0.2) is 30.3 Å². The third-order valence-electron chi connectivity index (χ3n) is 7.34. The number of pyridine rings is 1. The molecule has 3 amide bonds. The van der Waals surface area contributed by atoms with Crippen LogP contribution in [0.3, 0.4) is 0 Å². The third-order valence-corrected chi connectivity index (χ3v) is 7.34. The van der Waals surface area contributed by atoms with E-state index >= 15 is 0 Å². The largest absolute Gasteiger partial charge is 0.345 e. The number of aromatic nitrogens is 1. The molecule has 2 saturated heterocycles. The van der Waals surface area contributed by atoms with E-state index < -0.39 is 6.04 Å². The highest BCUT2D eigenvalue weighted by Crippen LogP contribution is 2.29. The number of aryl methyl sites for hydroxylation is 3. The zero-order valence-corrected chi connectivity index (χ0v) is 22.0. The van der Waals surface area contributed by atoms with Crippen molar-refractivity contribution in [3.8, 4) is 0 Å². The molecule has 4 rings (SSSR count). The van der Waals surface area contributed by atoms with Crippen molar-refractivity contribution in [3.05, 3.63) is 58.3 Å². The number of likely N-dealkylation sites (tertiary alicyclic amines) is 2. The van der Waals surface area contributed by atoms with Crippen LogP contribution in [-0.4, -0.2) is 76.7 Å². The van der Waals surface area contributed by atoms with Crippen LogP contribution in [0.1, 0.15) is 58.4 Å². The SMILES string of the molecule is Cc1cc(C(=O)N(C)C)cc(NC(=O)[C@H]2CCC(=O)N2C2CCN(Cc3ccc(C)c(C)c3)CC2)n1. The minimum Gasteiger partial charge on any atom is -0.345 e. The van der Waals surface area contributed by atoms with Crippen LogP contribution in [0.5, 0.6) is 0 Å². The number of nitrogens with one attached hydrogen (secondary N) is 1. The zero-order chi connectivity index (χ0) is 26.0. The molecule has 2 aliphatic rings. The molecule has 0 spiro atoms. The van der Waals surface area contributed by atoms with Crippen molar-refractivity contribution in [1.29, 1.82) is 0 Å². The number of hydrogen-bond acceptors (Lipinski definition) is 5. The standard InChI is InChI=1S/C28H37N5O3/c1-18-6-7-21(14-19(18)2)17-32-12-10-23(11-13-32)33-24(8-9-26(33)34)27(35)30-25-16-22(15-20(3)29-25)28(36)31(4)5/h6-7,14-16,23-24H,8-13,17H2,1-5H3,(H,29,30,35)/t24-/m1/s1. The van der Waals surface area contributed by atoms with Crippen LogP contribution in [0.2, 0.25) is 0 Å². The van der Waals surface area contributed by atoms with Gasteiger partial charge in [-0.1, -0.05) is 18.2 Å². The molecule has 1 atom stereocenters. The molecule has 192 valence electrons. The number of amides is 3. The van der Waals surface area contributed by atoms with Gasteiger partial charge >= 0.3 is 0 Å². The van der Waals surface area contributed by atoms with Crippen molar-refractivity contribution in [3.63, 3.8) is 0 Å². The second kappa shape index (κ2) is 10.8. The number of carbonyl (C=O) groups excluding carboxylic acids is 3. The zero-order valence-electron chi connectivity index (χ0n) is 22.0. The van der Waals surface area contributed by atoms with E-state index in [1.54, 1.807) is 33.2 Å². The molecule has 0 saturated carbocycles. The summed E-state index contributed by atoms with van der Waals surface area (Å²) in [5.41, 5.74) is 5.03. The van der Waals surface area contributed by atoms with Gasteiger partial charge in [0, 0.05) is 57.4 Å². The Balaban J connectivity index is 1.39. The summed E-state index contributed by atoms with van der Waals surface area (Å²) in [7, 11) is 3.37. The molecule has 2 aromatic rings. The first-order chi connectivity index (χ1) is 17.1. The number of hydrogen-bond donors (Lipinski definition) is 1. The van der Waals surface area contributed by atoms with Crippen molar-refractivity contribution in [1.82, 2.24) is 19.7 Å². The second-order valence-corrected chi connectivity index (χ2v) is 10.4. The molecule has 2 aliphatic heterocycles. The summed E-state index contributed by atoms with van der Waals surface area (Å²) in [6.45, 7) is 8.75. The fourth-order valence-electron chi connectivity index (χ4n) is 5.26. The molecule has 36 heavy (non-hydrogen) atoms. The number of piperidine rings is 1. The van der Waals surface area contributed by atoms with Crippen LogP contribution >= 0.6 is 0 Å². The van der Waals surface area contributed by atoms with E-state index in [1.165, 1.54) is 21.6 Å². The van der Waals surface area contributed by atoms with Crippen LogP contribution < -0.4 is 5.32 Å². The first kappa shape index (κ1) is 25.8. The monoisotopic (exact) mass is 491 g/mol. The lowest BCUT2D eigenvalue weighted by atomic mass is 10.0. The lowest BCUT2D eigenvalue weighted by Crippen LogP contribution is -2.51. The Morgan fingerprint density at radius 1 is 1.03 bits per heavy atom. The Labute approximate surface area is 213 Å². The van der Waals surface area contributed by atoms with E-state index in [0.717, 1.165) is 32.5 Å². The minimum absolute atomic E-state index is 0.0448. The average molecular weight is 492 g/mol. The molecule has 0 unspecified atom stereocenters. The van der Waals surface area contributed by atoms with Gasteiger partial charge in [0.15, 0.2) is 0 Å². The number of carbonyl (C=O) groups is 3. The van der Waals surface area contributed by atoms with Crippen molar-refractivity contribution in [2.75, 3.05) is 32.5 Å². The van der Waals surface area contributed by atoms with Crippen LogP contribution in [-0.2, 0) is 16.1 Å². The summed E-state index contributed by atoms with van der Waals surface area (Å²) >= 11 is 0. The predicted octanol–water partition coefficient (Wildman–Crippen LogP) is 3.30. The van der Waals surface area contributed by atoms with Gasteiger partial charge in [0.25, 0.3) is 5.91 Å². The highest BCUT2D eigenvalue weighted by Gasteiger charge is 2.41. The van der Waals surface area contributed by atoms with Crippen molar-refractivity contribution >= 4 is 23.5 Å². The van der Waals surface area contributed by atoms with E-state index in [9.17, 15) is 14.4 Å². The van der Waals surface area contributed by atoms with E-state index in [0.29, 0.717) is 29.9 Å². The highest BCUT2D eigenvalue weighted by molar-refractivity contribution is 6.00. The number of rotatable bonds is 6. The van der Waals surface area contributed by atoms with E-state index in [1.807, 2.05) is 4.90 Å². The third kappa shape index (κ3) is 5.75. The fraction of sp³-hybridized carbons (Fsp3) is 0.500. The summed E-state index contributed by atoms with van der Waals surface area (Å²) in [6, 6.07) is 9.46. The maximum Gasteiger partial charge on any atom is 0.253 e. The Bertz CT molecular complexity index is 1150. The Hall–Kier alpha value is -3.26. The Morgan fingerprint density at radius 2 is 1.75 bits per heavy atom. The van der Waals surface area contributed by atoms with Crippen LogP contribution in [0, 0.1) is 20.8 Å². The molecule has 8 nitrogen and oxygen atoms in total. The molecule has 2 fully saturated rings. The molecule has 0 bridgehead atoms. The van der Waals surface area contributed by atoms with Gasteiger partial charge < -0.3 is 15.1 Å². The van der Waals surface area contributed by atoms with Gasteiger partial charge in [-0.2, -0.15) is 0 Å². The highest BCUT2D eigenvalue weighted by atomic mass is 16.2. The van der Waals surface area contributed by atoms with Gasteiger partial charge in [0.2, 0.25) is 11.8 Å². The Morgan fingerprint density at radius 3 is 2.42 bits per heavy atom. The van der Waals surface area contributed by atoms with E-state index in [4.69, 9.17) is 0 Å². The molecule has 1 aromatic heterocycles. The van der Waals surface area contributed by atoms with Crippen molar-refractivity contribution in [2.24, 2.45) is 0 Å². The molecule has 3 heterocycles. The molecular weight excluding hydrogens is 454 g/mol. The number of anilines is 1. The smallest absolute Gasteiger partial charge is 0.253 e. The molecular formula is C28H37N5O3. The van der Waals surface area contributed by atoms with Gasteiger partial charge in [-0.05, 0) is 68.9 Å². The van der Waals surface area contributed by atoms with Crippen LogP contribution in [0.4, 0.5) is 5.82 Å². The minimum atomic E-state index is -0.510. The fourth-order valence-corrected chi connectivity index (χ4v) is 5.26. The van der Waals surface area contributed by atoms with Gasteiger partial charge in [0.1, 0.15) is 11.9 Å². The summed E-state index contributed by atoms with van der Waals surface area (Å²) in [4.78, 5) is 48.6. The Kier molecular flexibility index (Phi) is 7.73. The number of benzene rings is 1. The number of nitrogens with zero attached hydrogens (tertiary/aromatic N) is 4. The average Bonchev–Trinajstić information content (AvgIpc) is 3.22. The second-order valence-electron chi connectivity index (χ2n) is 10.4. The maximum absolute atomic E-state index is 13.3. The predicted molar refractivity (Wildman–Crippen MR) is 140 cm³/mol. The summed E-state index contributed by atoms with van der Waals surface area (Å²) in [5, 5.41) is 2.87. The van der Waals surface area contributed by atoms with E-state index in [2.05, 4.69) is 47.2 Å². The molecule has 1 N–H and O–H groups in total. The van der Waals surface area contributed by atoms with Gasteiger partial charge in [-0.3, -0.25) is 19.3 Å². The first-order valence-electron chi connectivity index (χ1n) is 12.7. The van der Waals surface area contributed by atoms with Crippen molar-refractivity contribution < 1.29 is 14.4 Å². The topological polar surface area (TPSA) is 85.8 Å². The first-order valence-corrected chi connectivity index (χ1v) is 12.7. The van der Waals surface area contributed by atoms with Gasteiger partial charge in [0.05, 0.1) is 0 Å². The summed E-state index contributed by atoms with van der Waals surface area (Å²) in [5.74, 6) is -0.00265. The van der Waals surface area contributed by atoms with Crippen molar-refractivity contribution in [2.45, 2.75) is 65.1 Å². The maximum atomic E-state index is 13.3. The van der Waals surface area contributed by atoms with Gasteiger partial charge in [-0.25, -0.2) is 4.98 Å². The lowest BCUT2D eigenvalue weighted by Gasteiger charge is -2.39. The lowest BCUT2D eigenvalue weighted by molar-refractivity contribution is -0.136. The normalized spacial score (nSPS) is 19.0. The molecule has 0 radical (unpaired) electrons. The molecule has 8 heteroatoms.